The average Bonchev–Trinajstić information content (AvgIpc) is 3.08. The molecule has 42 heavy (non-hydrogen) atoms. The molecule has 1 aliphatic heterocycles. The van der Waals surface area contributed by atoms with Crippen LogP contribution in [0.15, 0.2) is 66.7 Å². The summed E-state index contributed by atoms with van der Waals surface area (Å²) in [5.41, 5.74) is 11.2. The highest BCUT2D eigenvalue weighted by molar-refractivity contribution is 6.00. The van der Waals surface area contributed by atoms with Crippen LogP contribution in [0.1, 0.15) is 50.3 Å². The van der Waals surface area contributed by atoms with E-state index in [0.717, 1.165) is 39.3 Å². The van der Waals surface area contributed by atoms with Gasteiger partial charge in [0.15, 0.2) is 0 Å². The summed E-state index contributed by atoms with van der Waals surface area (Å²) in [5, 5.41) is 8.57. The number of urea groups is 1. The van der Waals surface area contributed by atoms with Gasteiger partial charge in [-0.05, 0) is 79.6 Å². The van der Waals surface area contributed by atoms with Crippen molar-refractivity contribution < 1.29 is 19.1 Å². The Labute approximate surface area is 247 Å². The molecule has 1 heterocycles. The fourth-order valence-electron chi connectivity index (χ4n) is 5.17. The first-order valence-electron chi connectivity index (χ1n) is 14.3. The van der Waals surface area contributed by atoms with Crippen molar-refractivity contribution in [2.45, 2.75) is 64.7 Å². The zero-order chi connectivity index (χ0) is 30.3. The van der Waals surface area contributed by atoms with Gasteiger partial charge in [0.25, 0.3) is 0 Å². The highest BCUT2D eigenvalue weighted by Gasteiger charge is 2.32. The van der Waals surface area contributed by atoms with Crippen LogP contribution in [0.2, 0.25) is 0 Å². The summed E-state index contributed by atoms with van der Waals surface area (Å²) in [6.45, 7) is 6.76. The highest BCUT2D eigenvalue weighted by atomic mass is 16.5. The van der Waals surface area contributed by atoms with Crippen molar-refractivity contribution in [1.29, 1.82) is 0 Å². The maximum Gasteiger partial charge on any atom is 0.315 e. The van der Waals surface area contributed by atoms with Crippen LogP contribution in [0, 0.1) is 0 Å². The van der Waals surface area contributed by atoms with Gasteiger partial charge in [-0.25, -0.2) is 4.79 Å². The van der Waals surface area contributed by atoms with E-state index in [2.05, 4.69) is 16.0 Å². The second-order valence-corrected chi connectivity index (χ2v) is 11.3. The van der Waals surface area contributed by atoms with E-state index in [1.54, 1.807) is 25.9 Å². The molecule has 3 aromatic carbocycles. The molecule has 0 aliphatic carbocycles. The van der Waals surface area contributed by atoms with E-state index in [1.807, 2.05) is 73.7 Å². The van der Waals surface area contributed by atoms with Gasteiger partial charge in [0, 0.05) is 30.7 Å². The van der Waals surface area contributed by atoms with Crippen molar-refractivity contribution in [3.05, 3.63) is 83.4 Å². The summed E-state index contributed by atoms with van der Waals surface area (Å²) in [4.78, 5) is 40.3. The quantitative estimate of drug-likeness (QED) is 0.289. The number of fused-ring (bicyclic) bond motifs is 1. The predicted molar refractivity (Wildman–Crippen MR) is 165 cm³/mol. The summed E-state index contributed by atoms with van der Waals surface area (Å²) in [6, 6.07) is 20.9. The zero-order valence-corrected chi connectivity index (χ0v) is 24.8. The summed E-state index contributed by atoms with van der Waals surface area (Å²) >= 11 is 0. The predicted octanol–water partition coefficient (Wildman–Crippen LogP) is 4.27. The number of hydrogen-bond donors (Lipinski definition) is 4. The Hall–Kier alpha value is -4.37. The molecule has 0 saturated heterocycles. The average molecular weight is 572 g/mol. The molecule has 0 saturated carbocycles. The molecule has 1 atom stereocenters. The summed E-state index contributed by atoms with van der Waals surface area (Å²) < 4.78 is 5.44. The first-order chi connectivity index (χ1) is 20.1. The lowest BCUT2D eigenvalue weighted by Gasteiger charge is -2.27. The summed E-state index contributed by atoms with van der Waals surface area (Å²) in [5.74, 6) is 0.320. The van der Waals surface area contributed by atoms with Crippen LogP contribution in [0.4, 0.5) is 10.5 Å². The van der Waals surface area contributed by atoms with Crippen molar-refractivity contribution >= 4 is 23.5 Å². The number of carbonyl (C=O) groups excluding carboxylic acids is 3. The van der Waals surface area contributed by atoms with Gasteiger partial charge in [-0.3, -0.25) is 9.59 Å². The van der Waals surface area contributed by atoms with E-state index in [0.29, 0.717) is 32.5 Å². The molecule has 0 fully saturated rings. The fourth-order valence-corrected chi connectivity index (χ4v) is 5.17. The Kier molecular flexibility index (Phi) is 9.85. The van der Waals surface area contributed by atoms with Crippen LogP contribution in [0.25, 0.3) is 11.1 Å². The standard InChI is InChI=1S/C33H41N5O4/c1-5-35-32(41)36-20-25-8-6-7-9-27(25)23-12-10-22(11-13-23)21-38-29-17-15-26(42-4)18-24(29)14-16-28(31(38)40)37-30(39)19-33(2,3)34/h6-13,15,17-18,28H,5,14,16,19-21,34H2,1-4H3,(H,37,39)(H2,35,36,41)/t28-/m1/s1. The smallest absolute Gasteiger partial charge is 0.315 e. The van der Waals surface area contributed by atoms with Crippen molar-refractivity contribution in [3.8, 4) is 16.9 Å². The first-order valence-corrected chi connectivity index (χ1v) is 14.3. The number of hydrogen-bond acceptors (Lipinski definition) is 5. The van der Waals surface area contributed by atoms with Crippen LogP contribution >= 0.6 is 0 Å². The van der Waals surface area contributed by atoms with Crippen LogP contribution < -0.4 is 31.3 Å². The molecule has 222 valence electrons. The molecule has 0 spiro atoms. The molecule has 4 rings (SSSR count). The minimum absolute atomic E-state index is 0.124. The number of rotatable bonds is 10. The molecule has 9 nitrogen and oxygen atoms in total. The zero-order valence-electron chi connectivity index (χ0n) is 24.8. The number of ether oxygens (including phenoxy) is 1. The molecule has 0 aromatic heterocycles. The third-order valence-corrected chi connectivity index (χ3v) is 7.20. The SMILES string of the molecule is CCNC(=O)NCc1ccccc1-c1ccc(CN2C(=O)[C@H](NC(=O)CC(C)(C)N)CCc3cc(OC)ccc32)cc1. The molecule has 0 unspecified atom stereocenters. The lowest BCUT2D eigenvalue weighted by molar-refractivity contribution is -0.128. The number of nitrogens with one attached hydrogen (secondary N) is 3. The maximum atomic E-state index is 13.9. The van der Waals surface area contributed by atoms with E-state index in [-0.39, 0.29) is 24.3 Å². The molecule has 0 radical (unpaired) electrons. The number of nitrogens with zero attached hydrogens (tertiary/aromatic N) is 1. The molecule has 9 heteroatoms. The van der Waals surface area contributed by atoms with Gasteiger partial charge in [-0.1, -0.05) is 48.5 Å². The normalized spacial score (nSPS) is 14.9. The number of aryl methyl sites for hydroxylation is 1. The number of benzene rings is 3. The molecular weight excluding hydrogens is 530 g/mol. The fraction of sp³-hybridized carbons (Fsp3) is 0.364. The minimum Gasteiger partial charge on any atom is -0.497 e. The number of nitrogens with two attached hydrogens (primary N) is 1. The van der Waals surface area contributed by atoms with E-state index in [9.17, 15) is 14.4 Å². The number of anilines is 1. The Morgan fingerprint density at radius 1 is 1.05 bits per heavy atom. The molecule has 3 aromatic rings. The van der Waals surface area contributed by atoms with Gasteiger partial charge in [0.05, 0.1) is 13.7 Å². The lowest BCUT2D eigenvalue weighted by atomic mass is 9.98. The van der Waals surface area contributed by atoms with Crippen molar-refractivity contribution in [3.63, 3.8) is 0 Å². The molecule has 5 N–H and O–H groups in total. The van der Waals surface area contributed by atoms with Gasteiger partial charge >= 0.3 is 6.03 Å². The highest BCUT2D eigenvalue weighted by Crippen LogP contribution is 2.32. The number of methoxy groups -OCH3 is 1. The number of amides is 4. The molecule has 0 bridgehead atoms. The Morgan fingerprint density at radius 2 is 1.79 bits per heavy atom. The minimum atomic E-state index is -0.674. The van der Waals surface area contributed by atoms with Gasteiger partial charge in [0.1, 0.15) is 11.8 Å². The van der Waals surface area contributed by atoms with Crippen LogP contribution in [0.5, 0.6) is 5.75 Å². The van der Waals surface area contributed by atoms with E-state index < -0.39 is 11.6 Å². The third kappa shape index (κ3) is 7.88. The van der Waals surface area contributed by atoms with Crippen LogP contribution in [0.3, 0.4) is 0 Å². The maximum absolute atomic E-state index is 13.9. The largest absolute Gasteiger partial charge is 0.497 e. The topological polar surface area (TPSA) is 126 Å². The lowest BCUT2D eigenvalue weighted by Crippen LogP contribution is -2.49. The van der Waals surface area contributed by atoms with Crippen LogP contribution in [-0.2, 0) is 29.1 Å². The Bertz CT molecular complexity index is 1410. The Balaban J connectivity index is 1.57. The van der Waals surface area contributed by atoms with Gasteiger partial charge < -0.3 is 31.3 Å². The molecular formula is C33H41N5O4. The molecule has 1 aliphatic rings. The number of carbonyl (C=O) groups is 3. The summed E-state index contributed by atoms with van der Waals surface area (Å²) in [7, 11) is 1.62. The first kappa shape index (κ1) is 30.6. The van der Waals surface area contributed by atoms with E-state index in [4.69, 9.17) is 10.5 Å². The summed E-state index contributed by atoms with van der Waals surface area (Å²) in [6.07, 6.45) is 1.22. The Morgan fingerprint density at radius 3 is 2.48 bits per heavy atom. The molecule has 4 amide bonds. The third-order valence-electron chi connectivity index (χ3n) is 7.20. The van der Waals surface area contributed by atoms with Crippen molar-refractivity contribution in [1.82, 2.24) is 16.0 Å². The van der Waals surface area contributed by atoms with Crippen molar-refractivity contribution in [2.75, 3.05) is 18.6 Å². The van der Waals surface area contributed by atoms with Gasteiger partial charge in [0.2, 0.25) is 11.8 Å². The second kappa shape index (κ2) is 13.5. The van der Waals surface area contributed by atoms with E-state index in [1.165, 1.54) is 0 Å². The van der Waals surface area contributed by atoms with Gasteiger partial charge in [-0.2, -0.15) is 0 Å². The van der Waals surface area contributed by atoms with Crippen LogP contribution in [-0.4, -0.2) is 43.1 Å². The second-order valence-electron chi connectivity index (χ2n) is 11.3. The van der Waals surface area contributed by atoms with Crippen molar-refractivity contribution in [2.24, 2.45) is 5.73 Å². The van der Waals surface area contributed by atoms with E-state index >= 15 is 0 Å². The van der Waals surface area contributed by atoms with Gasteiger partial charge in [-0.15, -0.1) is 0 Å². The monoisotopic (exact) mass is 571 g/mol.